The van der Waals surface area contributed by atoms with Gasteiger partial charge >= 0.3 is 0 Å². The summed E-state index contributed by atoms with van der Waals surface area (Å²) in [4.78, 5) is 28.7. The van der Waals surface area contributed by atoms with Crippen molar-refractivity contribution in [2.45, 2.75) is 38.1 Å². The summed E-state index contributed by atoms with van der Waals surface area (Å²) in [6.45, 7) is 3.90. The number of rotatable bonds is 6. The Kier molecular flexibility index (Phi) is 6.89. The SMILES string of the molecule is CNc1nc(C2CCN(C(=O)CCN(C)c3cccc(F)c3)CC2)nc2c1CCN(C)C2. The Balaban J connectivity index is 1.33. The van der Waals surface area contributed by atoms with E-state index in [0.717, 1.165) is 68.5 Å². The van der Waals surface area contributed by atoms with Crippen LogP contribution >= 0.6 is 0 Å². The van der Waals surface area contributed by atoms with Crippen LogP contribution in [0.4, 0.5) is 15.9 Å². The lowest BCUT2D eigenvalue weighted by Crippen LogP contribution is -2.39. The maximum Gasteiger partial charge on any atom is 0.224 e. The molecule has 0 radical (unpaired) electrons. The fourth-order valence-electron chi connectivity index (χ4n) is 4.62. The van der Waals surface area contributed by atoms with Gasteiger partial charge in [0.2, 0.25) is 5.91 Å². The van der Waals surface area contributed by atoms with Crippen LogP contribution in [0.2, 0.25) is 0 Å². The average Bonchev–Trinajstić information content (AvgIpc) is 2.81. The van der Waals surface area contributed by atoms with Crippen molar-refractivity contribution in [2.24, 2.45) is 0 Å². The molecule has 0 saturated carbocycles. The molecule has 2 aliphatic rings. The van der Waals surface area contributed by atoms with Gasteiger partial charge in [0.15, 0.2) is 0 Å². The predicted molar refractivity (Wildman–Crippen MR) is 124 cm³/mol. The summed E-state index contributed by atoms with van der Waals surface area (Å²) in [5, 5.41) is 3.26. The second-order valence-corrected chi connectivity index (χ2v) is 8.90. The van der Waals surface area contributed by atoms with Gasteiger partial charge in [-0.15, -0.1) is 0 Å². The topological polar surface area (TPSA) is 64.6 Å². The normalized spacial score (nSPS) is 17.2. The fourth-order valence-corrected chi connectivity index (χ4v) is 4.62. The van der Waals surface area contributed by atoms with Gasteiger partial charge in [0, 0.05) is 70.4 Å². The summed E-state index contributed by atoms with van der Waals surface area (Å²) in [5.74, 6) is 2.02. The first-order valence-electron chi connectivity index (χ1n) is 11.4. The minimum Gasteiger partial charge on any atom is -0.374 e. The number of likely N-dealkylation sites (N-methyl/N-ethyl adjacent to an activating group) is 1. The summed E-state index contributed by atoms with van der Waals surface area (Å²) in [5.41, 5.74) is 3.16. The summed E-state index contributed by atoms with van der Waals surface area (Å²) in [6.07, 6.45) is 3.15. The van der Waals surface area contributed by atoms with E-state index in [1.54, 1.807) is 6.07 Å². The molecule has 0 unspecified atom stereocenters. The predicted octanol–water partition coefficient (Wildman–Crippen LogP) is 2.88. The highest BCUT2D eigenvalue weighted by Crippen LogP contribution is 2.30. The first-order chi connectivity index (χ1) is 15.4. The lowest BCUT2D eigenvalue weighted by atomic mass is 9.95. The number of fused-ring (bicyclic) bond motifs is 1. The first-order valence-corrected chi connectivity index (χ1v) is 11.4. The van der Waals surface area contributed by atoms with Gasteiger partial charge in [0.25, 0.3) is 0 Å². The quantitative estimate of drug-likeness (QED) is 0.745. The minimum absolute atomic E-state index is 0.149. The first kappa shape index (κ1) is 22.5. The third-order valence-corrected chi connectivity index (χ3v) is 6.63. The van der Waals surface area contributed by atoms with Crippen molar-refractivity contribution in [1.82, 2.24) is 19.8 Å². The van der Waals surface area contributed by atoms with Gasteiger partial charge in [0.05, 0.1) is 5.69 Å². The number of nitrogens with zero attached hydrogens (tertiary/aromatic N) is 5. The maximum atomic E-state index is 13.4. The highest BCUT2D eigenvalue weighted by Gasteiger charge is 2.28. The van der Waals surface area contributed by atoms with E-state index in [1.807, 2.05) is 30.0 Å². The molecule has 2 aliphatic heterocycles. The number of piperidine rings is 1. The van der Waals surface area contributed by atoms with Crippen molar-refractivity contribution in [3.8, 4) is 0 Å². The average molecular weight is 441 g/mol. The molecule has 0 aliphatic carbocycles. The third-order valence-electron chi connectivity index (χ3n) is 6.63. The van der Waals surface area contributed by atoms with Gasteiger partial charge in [-0.3, -0.25) is 4.79 Å². The molecule has 4 rings (SSSR count). The molecular weight excluding hydrogens is 407 g/mol. The summed E-state index contributed by atoms with van der Waals surface area (Å²) >= 11 is 0. The van der Waals surface area contributed by atoms with Crippen LogP contribution < -0.4 is 10.2 Å². The highest BCUT2D eigenvalue weighted by atomic mass is 19.1. The zero-order valence-electron chi connectivity index (χ0n) is 19.3. The Hall–Kier alpha value is -2.74. The number of carbonyl (C=O) groups excluding carboxylic acids is 1. The summed E-state index contributed by atoms with van der Waals surface area (Å²) in [6, 6.07) is 6.46. The van der Waals surface area contributed by atoms with E-state index in [-0.39, 0.29) is 17.6 Å². The van der Waals surface area contributed by atoms with Crippen LogP contribution in [0.25, 0.3) is 0 Å². The van der Waals surface area contributed by atoms with Gasteiger partial charge in [-0.05, 0) is 44.5 Å². The number of nitrogens with one attached hydrogen (secondary N) is 1. The number of hydrogen-bond donors (Lipinski definition) is 1. The van der Waals surface area contributed by atoms with E-state index < -0.39 is 0 Å². The molecule has 0 atom stereocenters. The fraction of sp³-hybridized carbons (Fsp3) is 0.542. The van der Waals surface area contributed by atoms with Crippen molar-refractivity contribution in [1.29, 1.82) is 0 Å². The van der Waals surface area contributed by atoms with E-state index in [4.69, 9.17) is 9.97 Å². The van der Waals surface area contributed by atoms with Gasteiger partial charge in [-0.1, -0.05) is 6.07 Å². The number of anilines is 2. The van der Waals surface area contributed by atoms with Gasteiger partial charge in [0.1, 0.15) is 17.5 Å². The number of benzene rings is 1. The summed E-state index contributed by atoms with van der Waals surface area (Å²) in [7, 11) is 5.94. The third kappa shape index (κ3) is 5.01. The van der Waals surface area contributed by atoms with Crippen LogP contribution in [0.1, 0.15) is 42.3 Å². The Bertz CT molecular complexity index is 960. The lowest BCUT2D eigenvalue weighted by molar-refractivity contribution is -0.132. The lowest BCUT2D eigenvalue weighted by Gasteiger charge is -2.33. The van der Waals surface area contributed by atoms with Gasteiger partial charge in [-0.25, -0.2) is 14.4 Å². The van der Waals surface area contributed by atoms with Gasteiger partial charge < -0.3 is 20.0 Å². The molecule has 32 heavy (non-hydrogen) atoms. The number of halogens is 1. The van der Waals surface area contributed by atoms with E-state index in [9.17, 15) is 9.18 Å². The van der Waals surface area contributed by atoms with Crippen molar-refractivity contribution in [3.05, 3.63) is 47.2 Å². The monoisotopic (exact) mass is 440 g/mol. The van der Waals surface area contributed by atoms with Crippen LogP contribution in [-0.4, -0.2) is 73.0 Å². The molecule has 1 fully saturated rings. The van der Waals surface area contributed by atoms with Crippen LogP contribution in [0, 0.1) is 5.82 Å². The molecular formula is C24H33FN6O. The Morgan fingerprint density at radius 2 is 2.03 bits per heavy atom. The van der Waals surface area contributed by atoms with Crippen LogP contribution in [0.3, 0.4) is 0 Å². The molecule has 2 aromatic rings. The smallest absolute Gasteiger partial charge is 0.224 e. The van der Waals surface area contributed by atoms with Crippen molar-refractivity contribution in [3.63, 3.8) is 0 Å². The van der Waals surface area contributed by atoms with E-state index >= 15 is 0 Å². The van der Waals surface area contributed by atoms with E-state index in [0.29, 0.717) is 13.0 Å². The number of aromatic nitrogens is 2. The molecule has 0 bridgehead atoms. The highest BCUT2D eigenvalue weighted by molar-refractivity contribution is 5.77. The molecule has 1 saturated heterocycles. The van der Waals surface area contributed by atoms with Crippen LogP contribution in [-0.2, 0) is 17.8 Å². The minimum atomic E-state index is -0.264. The van der Waals surface area contributed by atoms with E-state index in [1.165, 1.54) is 17.7 Å². The standard InChI is InChI=1S/C24H33FN6O/c1-26-24-20-9-11-29(2)16-21(20)27-23(28-24)17-7-13-31(14-8-17)22(32)10-12-30(3)19-6-4-5-18(25)15-19/h4-6,15,17H,7-14,16H2,1-3H3,(H,26,27,28). The van der Waals surface area contributed by atoms with Crippen molar-refractivity contribution in [2.75, 3.05) is 57.5 Å². The van der Waals surface area contributed by atoms with Crippen LogP contribution in [0.5, 0.6) is 0 Å². The molecule has 172 valence electrons. The number of carbonyl (C=O) groups is 1. The van der Waals surface area contributed by atoms with Crippen molar-refractivity contribution >= 4 is 17.4 Å². The largest absolute Gasteiger partial charge is 0.374 e. The molecule has 1 aromatic heterocycles. The van der Waals surface area contributed by atoms with Gasteiger partial charge in [-0.2, -0.15) is 0 Å². The molecule has 0 spiro atoms. The molecule has 1 N–H and O–H groups in total. The van der Waals surface area contributed by atoms with E-state index in [2.05, 4.69) is 17.3 Å². The molecule has 1 aromatic carbocycles. The zero-order valence-corrected chi connectivity index (χ0v) is 19.3. The zero-order chi connectivity index (χ0) is 22.7. The number of amides is 1. The second-order valence-electron chi connectivity index (χ2n) is 8.90. The number of hydrogen-bond acceptors (Lipinski definition) is 6. The molecule has 8 heteroatoms. The molecule has 7 nitrogen and oxygen atoms in total. The molecule has 3 heterocycles. The van der Waals surface area contributed by atoms with Crippen molar-refractivity contribution < 1.29 is 9.18 Å². The number of likely N-dealkylation sites (tertiary alicyclic amines) is 1. The Morgan fingerprint density at radius 3 is 2.75 bits per heavy atom. The Morgan fingerprint density at radius 1 is 1.25 bits per heavy atom. The molecule has 1 amide bonds. The second kappa shape index (κ2) is 9.81. The van der Waals surface area contributed by atoms with Crippen LogP contribution in [0.15, 0.2) is 24.3 Å². The maximum absolute atomic E-state index is 13.4. The Labute approximate surface area is 189 Å². The summed E-state index contributed by atoms with van der Waals surface area (Å²) < 4.78 is 13.4.